The van der Waals surface area contributed by atoms with Gasteiger partial charge in [-0.3, -0.25) is 5.32 Å². The molecule has 0 amide bonds. The van der Waals surface area contributed by atoms with Crippen molar-refractivity contribution in [3.8, 4) is 6.07 Å². The third-order valence-electron chi connectivity index (χ3n) is 4.10. The molecule has 1 atom stereocenters. The topological polar surface area (TPSA) is 48.3 Å². The van der Waals surface area contributed by atoms with E-state index in [1.54, 1.807) is 0 Å². The van der Waals surface area contributed by atoms with E-state index < -0.39 is 0 Å². The van der Waals surface area contributed by atoms with Gasteiger partial charge in [-0.05, 0) is 59.0 Å². The molecule has 0 aromatic heterocycles. The summed E-state index contributed by atoms with van der Waals surface area (Å²) in [4.78, 5) is 2.51. The van der Waals surface area contributed by atoms with Crippen LogP contribution in [0.25, 0.3) is 0 Å². The van der Waals surface area contributed by atoms with Crippen molar-refractivity contribution >= 4 is 0 Å². The number of nitriles is 1. The maximum atomic E-state index is 9.30. The van der Waals surface area contributed by atoms with Crippen molar-refractivity contribution in [1.82, 2.24) is 10.2 Å². The Hall–Kier alpha value is -0.630. The van der Waals surface area contributed by atoms with Gasteiger partial charge in [0, 0.05) is 19.7 Å². The van der Waals surface area contributed by atoms with Crippen molar-refractivity contribution in [2.24, 2.45) is 0 Å². The molecule has 0 radical (unpaired) electrons. The Kier molecular flexibility index (Phi) is 8.13. The number of likely N-dealkylation sites (tertiary alicyclic amines) is 1. The molecule has 4 nitrogen and oxygen atoms in total. The summed E-state index contributed by atoms with van der Waals surface area (Å²) in [5, 5.41) is 12.7. The maximum Gasteiger partial charge on any atom is 0.103 e. The largest absolute Gasteiger partial charge is 0.378 e. The van der Waals surface area contributed by atoms with Gasteiger partial charge in [0.15, 0.2) is 0 Å². The average Bonchev–Trinajstić information content (AvgIpc) is 2.47. The Bertz CT molecular complexity index is 295. The summed E-state index contributed by atoms with van der Waals surface area (Å²) in [7, 11) is 0. The molecule has 1 fully saturated rings. The summed E-state index contributed by atoms with van der Waals surface area (Å²) in [6, 6.07) is 2.43. The molecule has 1 rings (SSSR count). The molecular weight excluding hydrogens is 250 g/mol. The highest BCUT2D eigenvalue weighted by molar-refractivity contribution is 5.03. The SMILES string of the molecule is CCCNC(C)(C#N)CCCN1CCC(OCC)CC1. The molecule has 116 valence electrons. The summed E-state index contributed by atoms with van der Waals surface area (Å²) in [6.45, 7) is 11.3. The normalized spacial score (nSPS) is 20.5. The second kappa shape index (κ2) is 9.33. The van der Waals surface area contributed by atoms with Crippen molar-refractivity contribution in [3.63, 3.8) is 0 Å². The lowest BCUT2D eigenvalue weighted by molar-refractivity contribution is 0.0138. The zero-order valence-electron chi connectivity index (χ0n) is 13.5. The summed E-state index contributed by atoms with van der Waals surface area (Å²) in [6.07, 6.45) is 5.85. The minimum atomic E-state index is -0.361. The molecular formula is C16H31N3O. The quantitative estimate of drug-likeness (QED) is 0.705. The van der Waals surface area contributed by atoms with Gasteiger partial charge in [0.2, 0.25) is 0 Å². The number of hydrogen-bond acceptors (Lipinski definition) is 4. The van der Waals surface area contributed by atoms with E-state index in [1.165, 1.54) is 0 Å². The first-order valence-electron chi connectivity index (χ1n) is 8.13. The van der Waals surface area contributed by atoms with Crippen LogP contribution in [-0.4, -0.2) is 49.3 Å². The first kappa shape index (κ1) is 17.4. The van der Waals surface area contributed by atoms with Crippen LogP contribution >= 0.6 is 0 Å². The van der Waals surface area contributed by atoms with E-state index in [0.717, 1.165) is 64.9 Å². The molecule has 0 aromatic carbocycles. The summed E-state index contributed by atoms with van der Waals surface area (Å²) >= 11 is 0. The molecule has 1 saturated heterocycles. The predicted octanol–water partition coefficient (Wildman–Crippen LogP) is 2.55. The fraction of sp³-hybridized carbons (Fsp3) is 0.938. The standard InChI is InChI=1S/C16H31N3O/c1-4-10-18-16(3,14-17)9-6-11-19-12-7-15(8-13-19)20-5-2/h15,18H,4-13H2,1-3H3. The van der Waals surface area contributed by atoms with Gasteiger partial charge < -0.3 is 9.64 Å². The van der Waals surface area contributed by atoms with Gasteiger partial charge in [0.1, 0.15) is 5.54 Å². The third-order valence-corrected chi connectivity index (χ3v) is 4.10. The molecule has 1 heterocycles. The van der Waals surface area contributed by atoms with Crippen LogP contribution in [0.4, 0.5) is 0 Å². The average molecular weight is 281 g/mol. The van der Waals surface area contributed by atoms with Crippen LogP contribution < -0.4 is 5.32 Å². The highest BCUT2D eigenvalue weighted by atomic mass is 16.5. The number of nitrogens with zero attached hydrogens (tertiary/aromatic N) is 2. The lowest BCUT2D eigenvalue weighted by Crippen LogP contribution is -2.43. The van der Waals surface area contributed by atoms with Crippen LogP contribution in [0.5, 0.6) is 0 Å². The molecule has 20 heavy (non-hydrogen) atoms. The van der Waals surface area contributed by atoms with E-state index in [-0.39, 0.29) is 5.54 Å². The zero-order chi connectivity index (χ0) is 14.8. The fourth-order valence-electron chi connectivity index (χ4n) is 2.78. The Labute approximate surface area is 124 Å². The third kappa shape index (κ3) is 6.21. The molecule has 1 aliphatic heterocycles. The van der Waals surface area contributed by atoms with Crippen LogP contribution in [-0.2, 0) is 4.74 Å². The summed E-state index contributed by atoms with van der Waals surface area (Å²) < 4.78 is 5.67. The minimum Gasteiger partial charge on any atom is -0.378 e. The van der Waals surface area contributed by atoms with Crippen LogP contribution in [0.3, 0.4) is 0 Å². The molecule has 0 aliphatic carbocycles. The molecule has 0 aromatic rings. The smallest absolute Gasteiger partial charge is 0.103 e. The Morgan fingerprint density at radius 3 is 2.60 bits per heavy atom. The van der Waals surface area contributed by atoms with Gasteiger partial charge in [0.05, 0.1) is 12.2 Å². The number of hydrogen-bond donors (Lipinski definition) is 1. The van der Waals surface area contributed by atoms with Gasteiger partial charge >= 0.3 is 0 Å². The molecule has 1 aliphatic rings. The number of ether oxygens (including phenoxy) is 1. The maximum absolute atomic E-state index is 9.30. The lowest BCUT2D eigenvalue weighted by Gasteiger charge is -2.32. The van der Waals surface area contributed by atoms with E-state index in [4.69, 9.17) is 4.74 Å². The zero-order valence-corrected chi connectivity index (χ0v) is 13.5. The summed E-state index contributed by atoms with van der Waals surface area (Å²) in [5.74, 6) is 0. The fourth-order valence-corrected chi connectivity index (χ4v) is 2.78. The molecule has 0 bridgehead atoms. The molecule has 1 unspecified atom stereocenters. The second-order valence-corrected chi connectivity index (χ2v) is 5.97. The lowest BCUT2D eigenvalue weighted by atomic mass is 9.97. The van der Waals surface area contributed by atoms with Gasteiger partial charge in [-0.15, -0.1) is 0 Å². The van der Waals surface area contributed by atoms with E-state index in [2.05, 4.69) is 30.1 Å². The first-order chi connectivity index (χ1) is 9.63. The Balaban J connectivity index is 2.19. The van der Waals surface area contributed by atoms with Crippen LogP contribution in [0.2, 0.25) is 0 Å². The van der Waals surface area contributed by atoms with Gasteiger partial charge in [-0.25, -0.2) is 0 Å². The highest BCUT2D eigenvalue weighted by Gasteiger charge is 2.23. The molecule has 1 N–H and O–H groups in total. The van der Waals surface area contributed by atoms with E-state index in [1.807, 2.05) is 6.92 Å². The minimum absolute atomic E-state index is 0.361. The van der Waals surface area contributed by atoms with E-state index in [9.17, 15) is 5.26 Å². The predicted molar refractivity (Wildman–Crippen MR) is 82.6 cm³/mol. The Morgan fingerprint density at radius 1 is 1.35 bits per heavy atom. The van der Waals surface area contributed by atoms with E-state index in [0.29, 0.717) is 6.10 Å². The Morgan fingerprint density at radius 2 is 2.05 bits per heavy atom. The number of rotatable bonds is 9. The van der Waals surface area contributed by atoms with Gasteiger partial charge in [-0.2, -0.15) is 5.26 Å². The number of nitrogens with one attached hydrogen (secondary N) is 1. The van der Waals surface area contributed by atoms with Crippen molar-refractivity contribution in [3.05, 3.63) is 0 Å². The first-order valence-corrected chi connectivity index (χ1v) is 8.13. The van der Waals surface area contributed by atoms with Crippen LogP contribution in [0.1, 0.15) is 52.9 Å². The van der Waals surface area contributed by atoms with Crippen molar-refractivity contribution in [1.29, 1.82) is 5.26 Å². The number of piperidine rings is 1. The monoisotopic (exact) mass is 281 g/mol. The van der Waals surface area contributed by atoms with Crippen molar-refractivity contribution in [2.75, 3.05) is 32.8 Å². The summed E-state index contributed by atoms with van der Waals surface area (Å²) in [5.41, 5.74) is -0.361. The molecule has 4 heteroatoms. The van der Waals surface area contributed by atoms with Crippen molar-refractivity contribution in [2.45, 2.75) is 64.5 Å². The van der Waals surface area contributed by atoms with Gasteiger partial charge in [0.25, 0.3) is 0 Å². The highest BCUT2D eigenvalue weighted by Crippen LogP contribution is 2.16. The van der Waals surface area contributed by atoms with Gasteiger partial charge in [-0.1, -0.05) is 6.92 Å². The van der Waals surface area contributed by atoms with Crippen LogP contribution in [0, 0.1) is 11.3 Å². The van der Waals surface area contributed by atoms with E-state index >= 15 is 0 Å². The molecule has 0 saturated carbocycles. The van der Waals surface area contributed by atoms with Crippen LogP contribution in [0.15, 0.2) is 0 Å². The van der Waals surface area contributed by atoms with Crippen molar-refractivity contribution < 1.29 is 4.74 Å². The molecule has 0 spiro atoms. The second-order valence-electron chi connectivity index (χ2n) is 5.97.